The maximum Gasteiger partial charge on any atom is 0.339 e. The molecule has 0 aliphatic carbocycles. The quantitative estimate of drug-likeness (QED) is 0.611. The van der Waals surface area contributed by atoms with E-state index in [0.29, 0.717) is 30.3 Å². The van der Waals surface area contributed by atoms with Gasteiger partial charge in [0, 0.05) is 12.6 Å². The van der Waals surface area contributed by atoms with Gasteiger partial charge in [-0.2, -0.15) is 0 Å². The second-order valence-electron chi connectivity index (χ2n) is 6.21. The Bertz CT molecular complexity index is 869. The van der Waals surface area contributed by atoms with Crippen molar-refractivity contribution in [3.05, 3.63) is 59.7 Å². The maximum absolute atomic E-state index is 12.8. The van der Waals surface area contributed by atoms with Crippen molar-refractivity contribution < 1.29 is 28.6 Å². The molecule has 0 spiro atoms. The SMILES string of the molecule is CCCOc1ccc(C(=O)O[C@H](C(=O)NC(=O)NC)c2ccccc2)cc1OCC. The van der Waals surface area contributed by atoms with Gasteiger partial charge in [-0.05, 0) is 31.5 Å². The minimum atomic E-state index is -1.30. The molecule has 2 aromatic rings. The van der Waals surface area contributed by atoms with Crippen molar-refractivity contribution in [3.8, 4) is 11.5 Å². The molecule has 8 heteroatoms. The van der Waals surface area contributed by atoms with Gasteiger partial charge in [0.15, 0.2) is 11.5 Å². The van der Waals surface area contributed by atoms with Gasteiger partial charge in [0.2, 0.25) is 6.10 Å². The monoisotopic (exact) mass is 414 g/mol. The fraction of sp³-hybridized carbons (Fsp3) is 0.318. The zero-order valence-electron chi connectivity index (χ0n) is 17.3. The van der Waals surface area contributed by atoms with Crippen molar-refractivity contribution in [2.75, 3.05) is 20.3 Å². The molecule has 2 N–H and O–H groups in total. The molecule has 2 aromatic carbocycles. The van der Waals surface area contributed by atoms with E-state index >= 15 is 0 Å². The molecule has 0 aromatic heterocycles. The van der Waals surface area contributed by atoms with Gasteiger partial charge in [0.25, 0.3) is 5.91 Å². The number of urea groups is 1. The van der Waals surface area contributed by atoms with Crippen LogP contribution in [0.1, 0.15) is 42.3 Å². The summed E-state index contributed by atoms with van der Waals surface area (Å²) >= 11 is 0. The Hall–Kier alpha value is -3.55. The molecule has 160 valence electrons. The van der Waals surface area contributed by atoms with E-state index in [9.17, 15) is 14.4 Å². The predicted octanol–water partition coefficient (Wildman–Crippen LogP) is 3.23. The summed E-state index contributed by atoms with van der Waals surface area (Å²) < 4.78 is 16.7. The van der Waals surface area contributed by atoms with Crippen LogP contribution in [0.3, 0.4) is 0 Å². The van der Waals surface area contributed by atoms with Crippen LogP contribution in [-0.4, -0.2) is 38.2 Å². The number of hydrogen-bond donors (Lipinski definition) is 2. The van der Waals surface area contributed by atoms with Crippen LogP contribution in [0.15, 0.2) is 48.5 Å². The Morgan fingerprint density at radius 3 is 2.33 bits per heavy atom. The van der Waals surface area contributed by atoms with E-state index in [4.69, 9.17) is 14.2 Å². The van der Waals surface area contributed by atoms with Gasteiger partial charge in [-0.15, -0.1) is 0 Å². The summed E-state index contributed by atoms with van der Waals surface area (Å²) in [6, 6.07) is 12.4. The zero-order chi connectivity index (χ0) is 21.9. The lowest BCUT2D eigenvalue weighted by molar-refractivity contribution is -0.129. The predicted molar refractivity (Wildman–Crippen MR) is 111 cm³/mol. The highest BCUT2D eigenvalue weighted by molar-refractivity contribution is 5.99. The van der Waals surface area contributed by atoms with Crippen LogP contribution in [0.5, 0.6) is 11.5 Å². The van der Waals surface area contributed by atoms with E-state index in [1.54, 1.807) is 36.4 Å². The van der Waals surface area contributed by atoms with Gasteiger partial charge in [-0.1, -0.05) is 37.3 Å². The third-order valence-corrected chi connectivity index (χ3v) is 3.97. The molecule has 0 fully saturated rings. The minimum absolute atomic E-state index is 0.191. The fourth-order valence-corrected chi connectivity index (χ4v) is 2.55. The Balaban J connectivity index is 2.27. The minimum Gasteiger partial charge on any atom is -0.490 e. The van der Waals surface area contributed by atoms with Crippen molar-refractivity contribution in [1.82, 2.24) is 10.6 Å². The first kappa shape index (κ1) is 22.7. The highest BCUT2D eigenvalue weighted by atomic mass is 16.5. The van der Waals surface area contributed by atoms with Crippen LogP contribution in [0.4, 0.5) is 4.79 Å². The molecule has 0 saturated heterocycles. The molecular formula is C22H26N2O6. The molecule has 0 aliphatic heterocycles. The number of amides is 3. The van der Waals surface area contributed by atoms with Crippen LogP contribution in [-0.2, 0) is 9.53 Å². The molecule has 0 heterocycles. The number of carbonyl (C=O) groups is 3. The van der Waals surface area contributed by atoms with Crippen molar-refractivity contribution in [2.45, 2.75) is 26.4 Å². The number of imide groups is 1. The van der Waals surface area contributed by atoms with Crippen LogP contribution in [0.25, 0.3) is 0 Å². The summed E-state index contributed by atoms with van der Waals surface area (Å²) in [6.07, 6.45) is -0.475. The summed E-state index contributed by atoms with van der Waals surface area (Å²) in [5, 5.41) is 4.43. The highest BCUT2D eigenvalue weighted by Gasteiger charge is 2.27. The average molecular weight is 414 g/mol. The Labute approximate surface area is 175 Å². The van der Waals surface area contributed by atoms with Gasteiger partial charge in [0.1, 0.15) is 0 Å². The Morgan fingerprint density at radius 2 is 1.70 bits per heavy atom. The van der Waals surface area contributed by atoms with Gasteiger partial charge >= 0.3 is 12.0 Å². The number of ether oxygens (including phenoxy) is 3. The molecule has 2 rings (SSSR count). The summed E-state index contributed by atoms with van der Waals surface area (Å²) in [6.45, 7) is 4.71. The number of hydrogen-bond acceptors (Lipinski definition) is 6. The normalized spacial score (nSPS) is 11.2. The average Bonchev–Trinajstić information content (AvgIpc) is 2.76. The van der Waals surface area contributed by atoms with Crippen LogP contribution in [0.2, 0.25) is 0 Å². The molecule has 3 amide bonds. The summed E-state index contributed by atoms with van der Waals surface area (Å²) in [5.74, 6) is -0.570. The molecule has 0 unspecified atom stereocenters. The second-order valence-corrected chi connectivity index (χ2v) is 6.21. The van der Waals surface area contributed by atoms with Gasteiger partial charge in [0.05, 0.1) is 18.8 Å². The van der Waals surface area contributed by atoms with Crippen molar-refractivity contribution >= 4 is 17.9 Å². The summed E-state index contributed by atoms with van der Waals surface area (Å²) in [4.78, 5) is 36.8. The third kappa shape index (κ3) is 6.23. The number of carbonyl (C=O) groups excluding carboxylic acids is 3. The van der Waals surface area contributed by atoms with Gasteiger partial charge in [-0.3, -0.25) is 10.1 Å². The lowest BCUT2D eigenvalue weighted by atomic mass is 10.1. The molecule has 1 atom stereocenters. The molecular weight excluding hydrogens is 388 g/mol. The Kier molecular flexibility index (Phi) is 8.68. The standard InChI is InChI=1S/C22H26N2O6/c1-4-13-29-17-12-11-16(14-18(17)28-5-2)21(26)30-19(15-9-7-6-8-10-15)20(25)24-22(27)23-3/h6-12,14,19H,4-5,13H2,1-3H3,(H2,23,24,25,27)/t19-/m0/s1. The van der Waals surface area contributed by atoms with Crippen LogP contribution < -0.4 is 20.1 Å². The molecule has 30 heavy (non-hydrogen) atoms. The molecule has 0 bridgehead atoms. The third-order valence-electron chi connectivity index (χ3n) is 3.97. The summed E-state index contributed by atoms with van der Waals surface area (Å²) in [5.41, 5.74) is 0.621. The zero-order valence-corrected chi connectivity index (χ0v) is 17.3. The molecule has 0 aliphatic rings. The lowest BCUT2D eigenvalue weighted by Gasteiger charge is -2.18. The largest absolute Gasteiger partial charge is 0.490 e. The van der Waals surface area contributed by atoms with Crippen molar-refractivity contribution in [2.24, 2.45) is 0 Å². The fourth-order valence-electron chi connectivity index (χ4n) is 2.55. The van der Waals surface area contributed by atoms with Gasteiger partial charge < -0.3 is 19.5 Å². The maximum atomic E-state index is 12.8. The van der Waals surface area contributed by atoms with Crippen molar-refractivity contribution in [1.29, 1.82) is 0 Å². The van der Waals surface area contributed by atoms with E-state index < -0.39 is 24.0 Å². The van der Waals surface area contributed by atoms with E-state index in [1.165, 1.54) is 19.2 Å². The van der Waals surface area contributed by atoms with Crippen LogP contribution >= 0.6 is 0 Å². The first-order chi connectivity index (χ1) is 14.5. The van der Waals surface area contributed by atoms with E-state index in [1.807, 2.05) is 13.8 Å². The molecule has 8 nitrogen and oxygen atoms in total. The number of nitrogens with one attached hydrogen (secondary N) is 2. The highest BCUT2D eigenvalue weighted by Crippen LogP contribution is 2.30. The Morgan fingerprint density at radius 1 is 0.967 bits per heavy atom. The molecule has 0 saturated carbocycles. The smallest absolute Gasteiger partial charge is 0.339 e. The number of rotatable bonds is 9. The van der Waals surface area contributed by atoms with Crippen molar-refractivity contribution in [3.63, 3.8) is 0 Å². The summed E-state index contributed by atoms with van der Waals surface area (Å²) in [7, 11) is 1.38. The first-order valence-electron chi connectivity index (χ1n) is 9.68. The van der Waals surface area contributed by atoms with Crippen LogP contribution in [0, 0.1) is 0 Å². The molecule has 0 radical (unpaired) electrons. The lowest BCUT2D eigenvalue weighted by Crippen LogP contribution is -2.41. The number of benzene rings is 2. The van der Waals surface area contributed by atoms with E-state index in [0.717, 1.165) is 6.42 Å². The van der Waals surface area contributed by atoms with E-state index in [2.05, 4.69) is 10.6 Å². The van der Waals surface area contributed by atoms with E-state index in [-0.39, 0.29) is 5.56 Å². The van der Waals surface area contributed by atoms with Gasteiger partial charge in [-0.25, -0.2) is 9.59 Å². The first-order valence-corrected chi connectivity index (χ1v) is 9.68. The topological polar surface area (TPSA) is 103 Å². The second kappa shape index (κ2) is 11.5. The number of esters is 1.